The van der Waals surface area contributed by atoms with Crippen LogP contribution in [0.1, 0.15) is 30.4 Å². The van der Waals surface area contributed by atoms with Crippen molar-refractivity contribution in [2.45, 2.75) is 37.6 Å². The number of carbonyl (C=O) groups excluding carboxylic acids is 1. The van der Waals surface area contributed by atoms with E-state index in [0.717, 1.165) is 36.1 Å². The zero-order valence-electron chi connectivity index (χ0n) is 19.4. The molecule has 2 aromatic carbocycles. The van der Waals surface area contributed by atoms with Crippen molar-refractivity contribution in [1.82, 2.24) is 9.21 Å². The van der Waals surface area contributed by atoms with Crippen molar-refractivity contribution in [1.29, 1.82) is 0 Å². The molecule has 1 saturated heterocycles. The Morgan fingerprint density at radius 3 is 2.48 bits per heavy atom. The fraction of sp³-hybridized carbons (Fsp3) is 0.400. The van der Waals surface area contributed by atoms with Gasteiger partial charge in [-0.15, -0.1) is 6.58 Å². The summed E-state index contributed by atoms with van der Waals surface area (Å²) in [7, 11) is -1.94. The fourth-order valence-corrected chi connectivity index (χ4v) is 5.44. The van der Waals surface area contributed by atoms with Crippen LogP contribution in [-0.2, 0) is 21.4 Å². The summed E-state index contributed by atoms with van der Waals surface area (Å²) >= 11 is 0. The van der Waals surface area contributed by atoms with E-state index in [1.54, 1.807) is 31.4 Å². The quantitative estimate of drug-likeness (QED) is 0.533. The summed E-state index contributed by atoms with van der Waals surface area (Å²) in [5, 5.41) is 2.90. The lowest BCUT2D eigenvalue weighted by atomic mass is 10.2. The molecule has 0 aromatic heterocycles. The molecule has 1 fully saturated rings. The van der Waals surface area contributed by atoms with Crippen molar-refractivity contribution < 1.29 is 17.9 Å². The van der Waals surface area contributed by atoms with Gasteiger partial charge in [-0.25, -0.2) is 8.42 Å². The standard InChI is InChI=1S/C25H33N3O4S/c1-4-14-27(18-21-9-11-22(32-3)12-10-21)19-25(29)26-24-17-23(13-8-20(24)2)33(30,31)28-15-6-5-7-16-28/h4,8-13,17H,1,5-7,14-16,18-19H2,2-3H3,(H,26,29). The number of piperidine rings is 1. The third-order valence-corrected chi connectivity index (χ3v) is 7.65. The number of anilines is 1. The van der Waals surface area contributed by atoms with Crippen LogP contribution in [0.5, 0.6) is 5.75 Å². The second-order valence-corrected chi connectivity index (χ2v) is 10.2. The zero-order valence-corrected chi connectivity index (χ0v) is 20.2. The maximum absolute atomic E-state index is 13.0. The molecule has 1 heterocycles. The van der Waals surface area contributed by atoms with E-state index in [9.17, 15) is 13.2 Å². The second kappa shape index (κ2) is 11.4. The molecule has 3 rings (SSSR count). The van der Waals surface area contributed by atoms with E-state index in [-0.39, 0.29) is 17.3 Å². The van der Waals surface area contributed by atoms with Crippen LogP contribution in [0.25, 0.3) is 0 Å². The number of aryl methyl sites for hydroxylation is 1. The van der Waals surface area contributed by atoms with Gasteiger partial charge in [-0.05, 0) is 55.2 Å². The number of benzene rings is 2. The predicted octanol–water partition coefficient (Wildman–Crippen LogP) is 3.80. The van der Waals surface area contributed by atoms with Gasteiger partial charge in [-0.3, -0.25) is 9.69 Å². The summed E-state index contributed by atoms with van der Waals surface area (Å²) in [6, 6.07) is 12.6. The second-order valence-electron chi connectivity index (χ2n) is 8.30. The van der Waals surface area contributed by atoms with Crippen molar-refractivity contribution in [3.63, 3.8) is 0 Å². The van der Waals surface area contributed by atoms with Gasteiger partial charge in [-0.2, -0.15) is 4.31 Å². The highest BCUT2D eigenvalue weighted by atomic mass is 32.2. The van der Waals surface area contributed by atoms with E-state index >= 15 is 0 Å². The largest absolute Gasteiger partial charge is 0.497 e. The smallest absolute Gasteiger partial charge is 0.243 e. The minimum atomic E-state index is -3.57. The summed E-state index contributed by atoms with van der Waals surface area (Å²) in [6.45, 7) is 8.00. The summed E-state index contributed by atoms with van der Waals surface area (Å²) in [6.07, 6.45) is 4.57. The molecule has 1 N–H and O–H groups in total. The number of amides is 1. The number of nitrogens with zero attached hydrogens (tertiary/aromatic N) is 2. The number of hydrogen-bond donors (Lipinski definition) is 1. The molecule has 0 spiro atoms. The van der Waals surface area contributed by atoms with Gasteiger partial charge in [0.1, 0.15) is 5.75 Å². The van der Waals surface area contributed by atoms with Crippen molar-refractivity contribution in [3.8, 4) is 5.75 Å². The topological polar surface area (TPSA) is 79.0 Å². The third-order valence-electron chi connectivity index (χ3n) is 5.76. The van der Waals surface area contributed by atoms with Crippen LogP contribution >= 0.6 is 0 Å². The first kappa shape index (κ1) is 25.0. The van der Waals surface area contributed by atoms with Gasteiger partial charge in [0.2, 0.25) is 15.9 Å². The van der Waals surface area contributed by atoms with Crippen LogP contribution in [0.3, 0.4) is 0 Å². The van der Waals surface area contributed by atoms with Crippen LogP contribution in [0.15, 0.2) is 60.0 Å². The normalized spacial score (nSPS) is 14.8. The summed E-state index contributed by atoms with van der Waals surface area (Å²) in [5.74, 6) is 0.572. The Morgan fingerprint density at radius 1 is 1.15 bits per heavy atom. The molecule has 1 aliphatic heterocycles. The van der Waals surface area contributed by atoms with Gasteiger partial charge in [0.05, 0.1) is 18.6 Å². The van der Waals surface area contributed by atoms with E-state index in [4.69, 9.17) is 4.74 Å². The number of hydrogen-bond acceptors (Lipinski definition) is 5. The Hall–Kier alpha value is -2.68. The number of rotatable bonds is 10. The molecule has 2 aromatic rings. The molecular formula is C25H33N3O4S. The summed E-state index contributed by atoms with van der Waals surface area (Å²) in [4.78, 5) is 15.0. The number of ether oxygens (including phenoxy) is 1. The molecule has 0 bridgehead atoms. The molecule has 0 radical (unpaired) electrons. The molecule has 0 atom stereocenters. The maximum Gasteiger partial charge on any atom is 0.243 e. The van der Waals surface area contributed by atoms with Crippen molar-refractivity contribution >= 4 is 21.6 Å². The lowest BCUT2D eigenvalue weighted by Crippen LogP contribution is -2.35. The summed E-state index contributed by atoms with van der Waals surface area (Å²) < 4.78 is 32.8. The number of carbonyl (C=O) groups is 1. The molecule has 8 heteroatoms. The van der Waals surface area contributed by atoms with Gasteiger partial charge in [0, 0.05) is 31.9 Å². The molecule has 1 amide bonds. The van der Waals surface area contributed by atoms with Crippen LogP contribution in [0.4, 0.5) is 5.69 Å². The SMILES string of the molecule is C=CCN(CC(=O)Nc1cc(S(=O)(=O)N2CCCCC2)ccc1C)Cc1ccc(OC)cc1. The first-order valence-electron chi connectivity index (χ1n) is 11.2. The summed E-state index contributed by atoms with van der Waals surface area (Å²) in [5.41, 5.74) is 2.38. The highest BCUT2D eigenvalue weighted by molar-refractivity contribution is 7.89. The van der Waals surface area contributed by atoms with Crippen LogP contribution in [0, 0.1) is 6.92 Å². The Kier molecular flexibility index (Phi) is 8.66. The molecule has 33 heavy (non-hydrogen) atoms. The van der Waals surface area contributed by atoms with Gasteiger partial charge >= 0.3 is 0 Å². The molecular weight excluding hydrogens is 438 g/mol. The average Bonchev–Trinajstić information content (AvgIpc) is 2.81. The molecule has 0 unspecified atom stereocenters. The molecule has 7 nitrogen and oxygen atoms in total. The molecule has 0 saturated carbocycles. The van der Waals surface area contributed by atoms with Crippen LogP contribution in [-0.4, -0.2) is 56.8 Å². The monoisotopic (exact) mass is 471 g/mol. The molecule has 1 aliphatic rings. The Balaban J connectivity index is 1.69. The first-order valence-corrected chi connectivity index (χ1v) is 12.6. The lowest BCUT2D eigenvalue weighted by molar-refractivity contribution is -0.117. The Bertz CT molecular complexity index is 1060. The van der Waals surface area contributed by atoms with E-state index in [2.05, 4.69) is 11.9 Å². The number of methoxy groups -OCH3 is 1. The van der Waals surface area contributed by atoms with Crippen molar-refractivity contribution in [2.24, 2.45) is 0 Å². The van der Waals surface area contributed by atoms with Gasteiger partial charge in [0.15, 0.2) is 0 Å². The lowest BCUT2D eigenvalue weighted by Gasteiger charge is -2.26. The minimum Gasteiger partial charge on any atom is -0.497 e. The number of sulfonamides is 1. The fourth-order valence-electron chi connectivity index (χ4n) is 3.90. The van der Waals surface area contributed by atoms with Gasteiger partial charge < -0.3 is 10.1 Å². The van der Waals surface area contributed by atoms with E-state index in [1.807, 2.05) is 36.1 Å². The van der Waals surface area contributed by atoms with E-state index in [0.29, 0.717) is 31.9 Å². The first-order chi connectivity index (χ1) is 15.8. The van der Waals surface area contributed by atoms with Crippen LogP contribution < -0.4 is 10.1 Å². The van der Waals surface area contributed by atoms with E-state index < -0.39 is 10.0 Å². The van der Waals surface area contributed by atoms with Crippen LogP contribution in [0.2, 0.25) is 0 Å². The highest BCUT2D eigenvalue weighted by Crippen LogP contribution is 2.25. The highest BCUT2D eigenvalue weighted by Gasteiger charge is 2.26. The predicted molar refractivity (Wildman–Crippen MR) is 131 cm³/mol. The van der Waals surface area contributed by atoms with Crippen molar-refractivity contribution in [2.75, 3.05) is 38.6 Å². The van der Waals surface area contributed by atoms with Gasteiger partial charge in [-0.1, -0.05) is 30.7 Å². The number of nitrogens with one attached hydrogen (secondary N) is 1. The average molecular weight is 472 g/mol. The molecule has 178 valence electrons. The molecule has 0 aliphatic carbocycles. The van der Waals surface area contributed by atoms with Gasteiger partial charge in [0.25, 0.3) is 0 Å². The Morgan fingerprint density at radius 2 is 1.85 bits per heavy atom. The zero-order chi connectivity index (χ0) is 23.8. The maximum atomic E-state index is 13.0. The van der Waals surface area contributed by atoms with Crippen molar-refractivity contribution in [3.05, 3.63) is 66.2 Å². The van der Waals surface area contributed by atoms with E-state index in [1.165, 1.54) is 4.31 Å². The third kappa shape index (κ3) is 6.66. The Labute approximate surface area is 197 Å². The minimum absolute atomic E-state index is 0.153.